The molecule has 0 saturated heterocycles. The summed E-state index contributed by atoms with van der Waals surface area (Å²) >= 11 is 5.66. The molecule has 0 fully saturated rings. The molecule has 2 aliphatic rings. The predicted molar refractivity (Wildman–Crippen MR) is 56.9 cm³/mol. The van der Waals surface area contributed by atoms with E-state index in [4.69, 9.17) is 25.9 Å². The first-order valence-electron chi connectivity index (χ1n) is 4.98. The lowest BCUT2D eigenvalue weighted by Gasteiger charge is -2.19. The van der Waals surface area contributed by atoms with Crippen LogP contribution in [0.5, 0.6) is 0 Å². The number of nitrogens with zero attached hydrogens (tertiary/aromatic N) is 1. The molecule has 94 valence electrons. The first kappa shape index (κ1) is 12.2. The van der Waals surface area contributed by atoms with Gasteiger partial charge in [-0.2, -0.15) is 0 Å². The van der Waals surface area contributed by atoms with Gasteiger partial charge < -0.3 is 14.3 Å². The predicted octanol–water partition coefficient (Wildman–Crippen LogP) is 2.41. The number of oxime groups is 1. The Kier molecular flexibility index (Phi) is 3.51. The van der Waals surface area contributed by atoms with Crippen LogP contribution >= 0.6 is 11.6 Å². The summed E-state index contributed by atoms with van der Waals surface area (Å²) in [4.78, 5) is 4.78. The molecule has 1 aliphatic heterocycles. The van der Waals surface area contributed by atoms with Crippen molar-refractivity contribution in [2.24, 2.45) is 5.16 Å². The van der Waals surface area contributed by atoms with Gasteiger partial charge in [-0.25, -0.2) is 8.78 Å². The van der Waals surface area contributed by atoms with E-state index in [1.54, 1.807) is 0 Å². The van der Waals surface area contributed by atoms with Gasteiger partial charge in [0.2, 0.25) is 0 Å². The molecule has 0 spiro atoms. The van der Waals surface area contributed by atoms with Gasteiger partial charge in [0.05, 0.1) is 5.03 Å². The summed E-state index contributed by atoms with van der Waals surface area (Å²) in [5.41, 5.74) is 0. The summed E-state index contributed by atoms with van der Waals surface area (Å²) in [6, 6.07) is 0. The van der Waals surface area contributed by atoms with Crippen molar-refractivity contribution in [2.45, 2.75) is 12.3 Å². The number of allylic oxidation sites excluding steroid dienone is 3. The van der Waals surface area contributed by atoms with Gasteiger partial charge in [0.15, 0.2) is 13.2 Å². The Balaban J connectivity index is 1.90. The lowest BCUT2D eigenvalue weighted by molar-refractivity contribution is 0.0491. The maximum Gasteiger partial charge on any atom is 0.271 e. The van der Waals surface area contributed by atoms with Crippen LogP contribution in [0.2, 0.25) is 0 Å². The Hall–Kier alpha value is -1.30. The van der Waals surface area contributed by atoms with Crippen molar-refractivity contribution in [1.29, 1.82) is 0 Å². The van der Waals surface area contributed by atoms with Crippen molar-refractivity contribution in [3.05, 3.63) is 22.9 Å². The van der Waals surface area contributed by atoms with Crippen molar-refractivity contribution in [3.8, 4) is 0 Å². The molecule has 4 nitrogen and oxygen atoms in total. The highest BCUT2D eigenvalue weighted by atomic mass is 35.5. The van der Waals surface area contributed by atoms with Gasteiger partial charge in [0, 0.05) is 12.5 Å². The fraction of sp³-hybridized carbons (Fsp3) is 0.500. The van der Waals surface area contributed by atoms with Crippen molar-refractivity contribution in [2.75, 3.05) is 19.8 Å². The lowest BCUT2D eigenvalue weighted by atomic mass is 10.1. The Bertz CT molecular complexity index is 393. The van der Waals surface area contributed by atoms with Gasteiger partial charge >= 0.3 is 0 Å². The molecule has 0 amide bonds. The van der Waals surface area contributed by atoms with Crippen LogP contribution in [0.15, 0.2) is 28.1 Å². The van der Waals surface area contributed by atoms with E-state index >= 15 is 0 Å². The second-order valence-electron chi connectivity index (χ2n) is 3.48. The van der Waals surface area contributed by atoms with Crippen LogP contribution in [0.25, 0.3) is 0 Å². The topological polar surface area (TPSA) is 40.0 Å². The monoisotopic (exact) mass is 265 g/mol. The Labute approximate surface area is 101 Å². The summed E-state index contributed by atoms with van der Waals surface area (Å²) in [5.74, 6) is -2.44. The number of rotatable bonds is 3. The highest BCUT2D eigenvalue weighted by Crippen LogP contribution is 2.32. The van der Waals surface area contributed by atoms with Crippen molar-refractivity contribution < 1.29 is 23.1 Å². The van der Waals surface area contributed by atoms with E-state index in [1.165, 1.54) is 6.08 Å². The van der Waals surface area contributed by atoms with Crippen LogP contribution in [-0.2, 0) is 14.3 Å². The second kappa shape index (κ2) is 4.91. The second-order valence-corrected chi connectivity index (χ2v) is 3.89. The number of ether oxygens (including phenoxy) is 2. The summed E-state index contributed by atoms with van der Waals surface area (Å²) in [5, 5.41) is 3.49. The van der Waals surface area contributed by atoms with Crippen LogP contribution in [0.3, 0.4) is 0 Å². The number of hydrogen-bond acceptors (Lipinski definition) is 4. The normalized spacial score (nSPS) is 22.6. The van der Waals surface area contributed by atoms with Gasteiger partial charge in [0.25, 0.3) is 11.8 Å². The maximum absolute atomic E-state index is 12.9. The third-order valence-electron chi connectivity index (χ3n) is 2.09. The van der Waals surface area contributed by atoms with Crippen molar-refractivity contribution in [1.82, 2.24) is 0 Å². The molecule has 0 saturated carbocycles. The molecule has 0 aromatic heterocycles. The molecule has 0 radical (unpaired) electrons. The smallest absolute Gasteiger partial charge is 0.271 e. The van der Waals surface area contributed by atoms with Crippen molar-refractivity contribution in [3.63, 3.8) is 0 Å². The third kappa shape index (κ3) is 3.33. The van der Waals surface area contributed by atoms with Gasteiger partial charge in [-0.15, -0.1) is 0 Å². The van der Waals surface area contributed by atoms with E-state index in [0.717, 1.165) is 0 Å². The summed E-state index contributed by atoms with van der Waals surface area (Å²) in [6.07, 6.45) is 1.49. The average molecular weight is 266 g/mol. The SMILES string of the molecule is FC1(F)C=C(Cl)C(OCC2=NOCCO2)=CC1. The van der Waals surface area contributed by atoms with Crippen LogP contribution in [0.1, 0.15) is 6.42 Å². The zero-order valence-electron chi connectivity index (χ0n) is 8.79. The largest absolute Gasteiger partial charge is 0.483 e. The molecule has 2 rings (SSSR count). The van der Waals surface area contributed by atoms with Crippen LogP contribution in [0.4, 0.5) is 8.78 Å². The standard InChI is InChI=1S/C10H10ClF2NO3/c11-7-5-10(12,13)2-1-8(7)16-6-9-14-17-4-3-15-9/h1,5H,2-4,6H2. The minimum absolute atomic E-state index is 0.00145. The van der Waals surface area contributed by atoms with Crippen LogP contribution in [0, 0.1) is 0 Å². The van der Waals surface area contributed by atoms with E-state index < -0.39 is 12.3 Å². The first-order chi connectivity index (χ1) is 8.07. The molecule has 0 bridgehead atoms. The molecule has 0 aromatic carbocycles. The molecule has 17 heavy (non-hydrogen) atoms. The van der Waals surface area contributed by atoms with E-state index in [2.05, 4.69) is 5.16 Å². The number of hydrogen-bond donors (Lipinski definition) is 0. The molecular formula is C10H10ClF2NO3. The summed E-state index contributed by atoms with van der Waals surface area (Å²) < 4.78 is 36.1. The van der Waals surface area contributed by atoms with E-state index in [9.17, 15) is 8.78 Å². The van der Waals surface area contributed by atoms with Gasteiger partial charge in [-0.05, 0) is 11.2 Å². The highest BCUT2D eigenvalue weighted by molar-refractivity contribution is 6.31. The Morgan fingerprint density at radius 3 is 2.94 bits per heavy atom. The zero-order chi connectivity index (χ0) is 12.3. The molecule has 0 unspecified atom stereocenters. The van der Waals surface area contributed by atoms with E-state index in [-0.39, 0.29) is 23.3 Å². The van der Waals surface area contributed by atoms with Crippen LogP contribution in [-0.4, -0.2) is 31.6 Å². The summed E-state index contributed by atoms with van der Waals surface area (Å²) in [6.45, 7) is 0.781. The maximum atomic E-state index is 12.9. The molecule has 7 heteroatoms. The highest BCUT2D eigenvalue weighted by Gasteiger charge is 2.30. The van der Waals surface area contributed by atoms with E-state index in [1.807, 2.05) is 0 Å². The first-order valence-corrected chi connectivity index (χ1v) is 5.36. The van der Waals surface area contributed by atoms with E-state index in [0.29, 0.717) is 19.3 Å². The third-order valence-corrected chi connectivity index (χ3v) is 2.39. The summed E-state index contributed by atoms with van der Waals surface area (Å²) in [7, 11) is 0. The molecule has 1 heterocycles. The molecule has 0 atom stereocenters. The van der Waals surface area contributed by atoms with Gasteiger partial charge in [-0.1, -0.05) is 11.6 Å². The fourth-order valence-corrected chi connectivity index (χ4v) is 1.61. The molecule has 0 N–H and O–H groups in total. The van der Waals surface area contributed by atoms with Gasteiger partial charge in [-0.3, -0.25) is 0 Å². The minimum Gasteiger partial charge on any atom is -0.483 e. The molecule has 1 aliphatic carbocycles. The average Bonchev–Trinajstić information content (AvgIpc) is 2.28. The molecule has 0 aromatic rings. The number of alkyl halides is 2. The van der Waals surface area contributed by atoms with Crippen LogP contribution < -0.4 is 0 Å². The van der Waals surface area contributed by atoms with Crippen molar-refractivity contribution >= 4 is 17.5 Å². The Morgan fingerprint density at radius 1 is 1.47 bits per heavy atom. The minimum atomic E-state index is -2.91. The zero-order valence-corrected chi connectivity index (χ0v) is 9.54. The quantitative estimate of drug-likeness (QED) is 0.787. The Morgan fingerprint density at radius 2 is 2.29 bits per heavy atom. The van der Waals surface area contributed by atoms with Gasteiger partial charge in [0.1, 0.15) is 12.4 Å². The fourth-order valence-electron chi connectivity index (χ4n) is 1.32. The molecular weight excluding hydrogens is 256 g/mol. The number of halogens is 3. The lowest BCUT2D eigenvalue weighted by Crippen LogP contribution is -2.22.